The van der Waals surface area contributed by atoms with Crippen molar-refractivity contribution in [2.24, 2.45) is 0 Å². The Kier molecular flexibility index (Phi) is 4.96. The van der Waals surface area contributed by atoms with Crippen LogP contribution in [0.3, 0.4) is 0 Å². The first-order chi connectivity index (χ1) is 9.47. The predicted molar refractivity (Wildman–Crippen MR) is 82.8 cm³/mol. The second kappa shape index (κ2) is 6.52. The third-order valence-electron chi connectivity index (χ3n) is 2.26. The van der Waals surface area contributed by atoms with Crippen molar-refractivity contribution < 1.29 is 4.74 Å². The standard InChI is InChI=1S/C13H13Cl2N3OS/c1-7(2)19-12-11(16)13(18-6-17-12)20-10-5-8(14)3-4-9(10)15/h3-7H,16H2,1-2H3. The van der Waals surface area contributed by atoms with Gasteiger partial charge in [-0.2, -0.15) is 4.98 Å². The van der Waals surface area contributed by atoms with Crippen LogP contribution < -0.4 is 10.5 Å². The third-order valence-corrected chi connectivity index (χ3v) is 4.01. The molecule has 0 saturated heterocycles. The van der Waals surface area contributed by atoms with E-state index in [4.69, 9.17) is 33.7 Å². The molecule has 0 radical (unpaired) electrons. The van der Waals surface area contributed by atoms with Gasteiger partial charge in [0.2, 0.25) is 5.88 Å². The fourth-order valence-electron chi connectivity index (χ4n) is 1.42. The van der Waals surface area contributed by atoms with Crippen LogP contribution in [0.25, 0.3) is 0 Å². The molecular formula is C13H13Cl2N3OS. The molecule has 0 aliphatic heterocycles. The summed E-state index contributed by atoms with van der Waals surface area (Å²) < 4.78 is 5.53. The molecule has 4 nitrogen and oxygen atoms in total. The van der Waals surface area contributed by atoms with Gasteiger partial charge in [0.25, 0.3) is 0 Å². The van der Waals surface area contributed by atoms with Gasteiger partial charge < -0.3 is 10.5 Å². The monoisotopic (exact) mass is 329 g/mol. The van der Waals surface area contributed by atoms with E-state index in [1.165, 1.54) is 18.1 Å². The molecule has 0 fully saturated rings. The molecule has 0 aliphatic carbocycles. The lowest BCUT2D eigenvalue weighted by molar-refractivity contribution is 0.233. The first-order valence-electron chi connectivity index (χ1n) is 5.87. The second-order valence-electron chi connectivity index (χ2n) is 4.24. The van der Waals surface area contributed by atoms with Crippen molar-refractivity contribution in [3.05, 3.63) is 34.6 Å². The summed E-state index contributed by atoms with van der Waals surface area (Å²) >= 11 is 13.4. The van der Waals surface area contributed by atoms with Crippen molar-refractivity contribution in [2.45, 2.75) is 29.9 Å². The molecule has 0 atom stereocenters. The first kappa shape index (κ1) is 15.2. The smallest absolute Gasteiger partial charge is 0.241 e. The molecule has 1 aromatic heterocycles. The molecule has 0 amide bonds. The Morgan fingerprint density at radius 2 is 2.00 bits per heavy atom. The topological polar surface area (TPSA) is 61.0 Å². The molecule has 0 aliphatic rings. The molecule has 0 saturated carbocycles. The number of nitrogens with zero attached hydrogens (tertiary/aromatic N) is 2. The van der Waals surface area contributed by atoms with Crippen LogP contribution >= 0.6 is 35.0 Å². The lowest BCUT2D eigenvalue weighted by Gasteiger charge is -2.12. The van der Waals surface area contributed by atoms with E-state index < -0.39 is 0 Å². The van der Waals surface area contributed by atoms with Crippen LogP contribution in [-0.2, 0) is 0 Å². The Balaban J connectivity index is 2.32. The van der Waals surface area contributed by atoms with Gasteiger partial charge in [0, 0.05) is 9.92 Å². The molecule has 7 heteroatoms. The van der Waals surface area contributed by atoms with Gasteiger partial charge in [-0.25, -0.2) is 4.98 Å². The van der Waals surface area contributed by atoms with Gasteiger partial charge in [-0.05, 0) is 32.0 Å². The van der Waals surface area contributed by atoms with Crippen molar-refractivity contribution in [3.8, 4) is 5.88 Å². The number of benzene rings is 1. The highest BCUT2D eigenvalue weighted by molar-refractivity contribution is 7.99. The summed E-state index contributed by atoms with van der Waals surface area (Å²) in [6, 6.07) is 5.22. The highest BCUT2D eigenvalue weighted by atomic mass is 35.5. The summed E-state index contributed by atoms with van der Waals surface area (Å²) in [5.41, 5.74) is 6.41. The SMILES string of the molecule is CC(C)Oc1ncnc(Sc2cc(Cl)ccc2Cl)c1N. The van der Waals surface area contributed by atoms with Gasteiger partial charge in [-0.3, -0.25) is 0 Å². The number of anilines is 1. The fourth-order valence-corrected chi connectivity index (χ4v) is 2.75. The molecule has 2 rings (SSSR count). The van der Waals surface area contributed by atoms with E-state index in [2.05, 4.69) is 9.97 Å². The van der Waals surface area contributed by atoms with Crippen LogP contribution in [0.15, 0.2) is 34.4 Å². The molecular weight excluding hydrogens is 317 g/mol. The summed E-state index contributed by atoms with van der Waals surface area (Å²) in [4.78, 5) is 8.97. The van der Waals surface area contributed by atoms with E-state index in [9.17, 15) is 0 Å². The van der Waals surface area contributed by atoms with Crippen LogP contribution in [0.4, 0.5) is 5.69 Å². The van der Waals surface area contributed by atoms with Gasteiger partial charge in [0.05, 0.1) is 11.1 Å². The zero-order valence-corrected chi connectivity index (χ0v) is 13.3. The summed E-state index contributed by atoms with van der Waals surface area (Å²) in [7, 11) is 0. The number of halogens is 2. The maximum absolute atomic E-state index is 6.13. The minimum Gasteiger partial charge on any atom is -0.473 e. The van der Waals surface area contributed by atoms with E-state index in [0.29, 0.717) is 26.6 Å². The molecule has 0 bridgehead atoms. The molecule has 20 heavy (non-hydrogen) atoms. The number of rotatable bonds is 4. The Bertz CT molecular complexity index is 623. The van der Waals surface area contributed by atoms with Crippen molar-refractivity contribution in [2.75, 3.05) is 5.73 Å². The molecule has 106 valence electrons. The first-order valence-corrected chi connectivity index (χ1v) is 7.44. The van der Waals surface area contributed by atoms with E-state index in [0.717, 1.165) is 4.90 Å². The highest BCUT2D eigenvalue weighted by Gasteiger charge is 2.13. The van der Waals surface area contributed by atoms with Crippen LogP contribution in [0.1, 0.15) is 13.8 Å². The summed E-state index contributed by atoms with van der Waals surface area (Å²) in [6.45, 7) is 3.81. The van der Waals surface area contributed by atoms with Crippen molar-refractivity contribution in [3.63, 3.8) is 0 Å². The largest absolute Gasteiger partial charge is 0.473 e. The number of hydrogen-bond acceptors (Lipinski definition) is 5. The Morgan fingerprint density at radius 1 is 1.25 bits per heavy atom. The van der Waals surface area contributed by atoms with Crippen LogP contribution in [0, 0.1) is 0 Å². The number of hydrogen-bond donors (Lipinski definition) is 1. The number of nitrogen functional groups attached to an aromatic ring is 1. The predicted octanol–water partition coefficient (Wildman–Crippen LogP) is 4.30. The average Bonchev–Trinajstić information content (AvgIpc) is 2.38. The maximum atomic E-state index is 6.13. The highest BCUT2D eigenvalue weighted by Crippen LogP contribution is 2.38. The van der Waals surface area contributed by atoms with Crippen molar-refractivity contribution >= 4 is 40.7 Å². The fraction of sp³-hybridized carbons (Fsp3) is 0.231. The van der Waals surface area contributed by atoms with Crippen LogP contribution in [0.2, 0.25) is 10.0 Å². The Hall–Kier alpha value is -1.17. The molecule has 0 unspecified atom stereocenters. The minimum atomic E-state index is -0.0141. The lowest BCUT2D eigenvalue weighted by Crippen LogP contribution is -2.09. The average molecular weight is 330 g/mol. The third kappa shape index (κ3) is 3.69. The summed E-state index contributed by atoms with van der Waals surface area (Å²) in [5.74, 6) is 0.371. The summed E-state index contributed by atoms with van der Waals surface area (Å²) in [5, 5.41) is 1.77. The molecule has 2 aromatic rings. The zero-order chi connectivity index (χ0) is 14.7. The Morgan fingerprint density at radius 3 is 2.70 bits per heavy atom. The van der Waals surface area contributed by atoms with Crippen LogP contribution in [-0.4, -0.2) is 16.1 Å². The van der Waals surface area contributed by atoms with E-state index in [1.54, 1.807) is 18.2 Å². The van der Waals surface area contributed by atoms with Crippen LogP contribution in [0.5, 0.6) is 5.88 Å². The number of ether oxygens (including phenoxy) is 1. The zero-order valence-electron chi connectivity index (χ0n) is 10.9. The number of nitrogens with two attached hydrogens (primary N) is 1. The normalized spacial score (nSPS) is 10.8. The van der Waals surface area contributed by atoms with Crippen molar-refractivity contribution in [1.29, 1.82) is 0 Å². The van der Waals surface area contributed by atoms with Gasteiger partial charge in [0.15, 0.2) is 0 Å². The molecule has 1 aromatic carbocycles. The van der Waals surface area contributed by atoms with Gasteiger partial charge >= 0.3 is 0 Å². The van der Waals surface area contributed by atoms with E-state index >= 15 is 0 Å². The van der Waals surface area contributed by atoms with E-state index in [-0.39, 0.29) is 6.10 Å². The second-order valence-corrected chi connectivity index (χ2v) is 6.12. The summed E-state index contributed by atoms with van der Waals surface area (Å²) in [6.07, 6.45) is 1.40. The van der Waals surface area contributed by atoms with Gasteiger partial charge in [-0.15, -0.1) is 0 Å². The van der Waals surface area contributed by atoms with Gasteiger partial charge in [-0.1, -0.05) is 35.0 Å². The van der Waals surface area contributed by atoms with E-state index in [1.807, 2.05) is 13.8 Å². The minimum absolute atomic E-state index is 0.0141. The molecule has 0 spiro atoms. The Labute approximate surface area is 131 Å². The number of aromatic nitrogens is 2. The molecule has 1 heterocycles. The maximum Gasteiger partial charge on any atom is 0.241 e. The van der Waals surface area contributed by atoms with Gasteiger partial charge in [0.1, 0.15) is 17.0 Å². The molecule has 2 N–H and O–H groups in total. The lowest BCUT2D eigenvalue weighted by atomic mass is 10.4. The van der Waals surface area contributed by atoms with Crippen molar-refractivity contribution in [1.82, 2.24) is 9.97 Å². The quantitative estimate of drug-likeness (QED) is 0.847.